The standard InChI is InChI=1S/C17H17BrN2O2/c1-22-15-8-6-13(7-9-15)10-11-19-17(21)20-12-14-4-2-3-5-16(14)18/h2-11H,12H2,1H3,(H2,19,20,21)/b11-10+. The van der Waals surface area contributed by atoms with E-state index < -0.39 is 0 Å². The first-order valence-electron chi connectivity index (χ1n) is 6.77. The molecule has 0 spiro atoms. The number of carbonyl (C=O) groups is 1. The molecule has 22 heavy (non-hydrogen) atoms. The molecule has 0 aliphatic carbocycles. The number of benzene rings is 2. The van der Waals surface area contributed by atoms with Crippen molar-refractivity contribution in [3.05, 3.63) is 70.3 Å². The Morgan fingerprint density at radius 3 is 2.59 bits per heavy atom. The molecule has 2 aromatic carbocycles. The maximum Gasteiger partial charge on any atom is 0.319 e. The molecule has 0 radical (unpaired) electrons. The van der Waals surface area contributed by atoms with E-state index in [1.54, 1.807) is 13.3 Å². The van der Waals surface area contributed by atoms with Crippen molar-refractivity contribution < 1.29 is 9.53 Å². The molecular weight excluding hydrogens is 344 g/mol. The smallest absolute Gasteiger partial charge is 0.319 e. The number of rotatable bonds is 5. The SMILES string of the molecule is COc1ccc(/C=C/NC(=O)NCc2ccccc2Br)cc1. The zero-order valence-corrected chi connectivity index (χ0v) is 13.8. The summed E-state index contributed by atoms with van der Waals surface area (Å²) >= 11 is 3.45. The molecule has 5 heteroatoms. The summed E-state index contributed by atoms with van der Waals surface area (Å²) in [5, 5.41) is 5.47. The van der Waals surface area contributed by atoms with E-state index in [0.717, 1.165) is 21.3 Å². The molecule has 0 aromatic heterocycles. The fraction of sp³-hybridized carbons (Fsp3) is 0.118. The van der Waals surface area contributed by atoms with Gasteiger partial charge in [-0.25, -0.2) is 4.79 Å². The first kappa shape index (κ1) is 16.1. The lowest BCUT2D eigenvalue weighted by molar-refractivity contribution is 0.244. The highest BCUT2D eigenvalue weighted by atomic mass is 79.9. The molecule has 0 bridgehead atoms. The minimum atomic E-state index is -0.250. The lowest BCUT2D eigenvalue weighted by Gasteiger charge is -2.06. The molecule has 0 heterocycles. The maximum atomic E-state index is 11.7. The van der Waals surface area contributed by atoms with E-state index in [-0.39, 0.29) is 6.03 Å². The van der Waals surface area contributed by atoms with E-state index in [4.69, 9.17) is 4.74 Å². The molecule has 0 saturated carbocycles. The van der Waals surface area contributed by atoms with Crippen molar-refractivity contribution in [2.75, 3.05) is 7.11 Å². The average molecular weight is 361 g/mol. The second-order valence-corrected chi connectivity index (χ2v) is 5.38. The third kappa shape index (κ3) is 4.93. The van der Waals surface area contributed by atoms with Gasteiger partial charge in [-0.2, -0.15) is 0 Å². The molecule has 2 aromatic rings. The van der Waals surface area contributed by atoms with Gasteiger partial charge in [-0.1, -0.05) is 46.3 Å². The highest BCUT2D eigenvalue weighted by Gasteiger charge is 2.01. The number of halogens is 1. The largest absolute Gasteiger partial charge is 0.497 e. The summed E-state index contributed by atoms with van der Waals surface area (Å²) in [6.45, 7) is 0.462. The van der Waals surface area contributed by atoms with Gasteiger partial charge in [-0.15, -0.1) is 0 Å². The lowest BCUT2D eigenvalue weighted by Crippen LogP contribution is -2.31. The summed E-state index contributed by atoms with van der Waals surface area (Å²) in [6, 6.07) is 15.1. The molecule has 0 fully saturated rings. The van der Waals surface area contributed by atoms with Crippen LogP contribution in [0.2, 0.25) is 0 Å². The third-order valence-electron chi connectivity index (χ3n) is 3.00. The Morgan fingerprint density at radius 1 is 1.18 bits per heavy atom. The van der Waals surface area contributed by atoms with Gasteiger partial charge in [0.2, 0.25) is 0 Å². The van der Waals surface area contributed by atoms with Crippen molar-refractivity contribution in [1.29, 1.82) is 0 Å². The van der Waals surface area contributed by atoms with E-state index in [0.29, 0.717) is 6.54 Å². The van der Waals surface area contributed by atoms with Gasteiger partial charge in [0.25, 0.3) is 0 Å². The average Bonchev–Trinajstić information content (AvgIpc) is 2.55. The van der Waals surface area contributed by atoms with Crippen molar-refractivity contribution in [2.45, 2.75) is 6.54 Å². The van der Waals surface area contributed by atoms with Crippen LogP contribution in [0.15, 0.2) is 59.2 Å². The summed E-state index contributed by atoms with van der Waals surface area (Å²) in [5.41, 5.74) is 2.00. The molecular formula is C17H17BrN2O2. The number of hydrogen-bond acceptors (Lipinski definition) is 2. The van der Waals surface area contributed by atoms with Crippen LogP contribution in [0.4, 0.5) is 4.79 Å². The molecule has 0 atom stereocenters. The number of methoxy groups -OCH3 is 1. The van der Waals surface area contributed by atoms with Crippen LogP contribution in [0.1, 0.15) is 11.1 Å². The Balaban J connectivity index is 1.79. The number of urea groups is 1. The van der Waals surface area contributed by atoms with Crippen LogP contribution in [0.5, 0.6) is 5.75 Å². The first-order valence-corrected chi connectivity index (χ1v) is 7.56. The Bertz CT molecular complexity index is 654. The zero-order chi connectivity index (χ0) is 15.8. The van der Waals surface area contributed by atoms with Crippen LogP contribution >= 0.6 is 15.9 Å². The van der Waals surface area contributed by atoms with Gasteiger partial charge in [0.05, 0.1) is 7.11 Å². The number of carbonyl (C=O) groups excluding carboxylic acids is 1. The second-order valence-electron chi connectivity index (χ2n) is 4.52. The maximum absolute atomic E-state index is 11.7. The topological polar surface area (TPSA) is 50.4 Å². The quantitative estimate of drug-likeness (QED) is 0.848. The number of hydrogen-bond donors (Lipinski definition) is 2. The number of ether oxygens (including phenoxy) is 1. The Hall–Kier alpha value is -2.27. The Morgan fingerprint density at radius 2 is 1.91 bits per heavy atom. The molecule has 0 saturated heterocycles. The molecule has 0 unspecified atom stereocenters. The fourth-order valence-corrected chi connectivity index (χ4v) is 2.22. The highest BCUT2D eigenvalue weighted by Crippen LogP contribution is 2.15. The highest BCUT2D eigenvalue weighted by molar-refractivity contribution is 9.10. The van der Waals surface area contributed by atoms with Crippen LogP contribution in [0.3, 0.4) is 0 Å². The Labute approximate surface area is 138 Å². The third-order valence-corrected chi connectivity index (χ3v) is 3.78. The molecule has 114 valence electrons. The van der Waals surface area contributed by atoms with Crippen LogP contribution in [0, 0.1) is 0 Å². The van der Waals surface area contributed by atoms with Gasteiger partial charge >= 0.3 is 6.03 Å². The number of amides is 2. The molecule has 0 aliphatic rings. The van der Waals surface area contributed by atoms with Crippen LogP contribution in [-0.2, 0) is 6.54 Å². The van der Waals surface area contributed by atoms with Gasteiger partial charge in [0.1, 0.15) is 5.75 Å². The van der Waals surface area contributed by atoms with Crippen molar-refractivity contribution in [3.8, 4) is 5.75 Å². The van der Waals surface area contributed by atoms with Gasteiger partial charge < -0.3 is 15.4 Å². The van der Waals surface area contributed by atoms with Crippen molar-refractivity contribution >= 4 is 28.0 Å². The van der Waals surface area contributed by atoms with Crippen LogP contribution in [-0.4, -0.2) is 13.1 Å². The van der Waals surface area contributed by atoms with Crippen LogP contribution in [0.25, 0.3) is 6.08 Å². The summed E-state index contributed by atoms with van der Waals surface area (Å²) in [5.74, 6) is 0.802. The first-order chi connectivity index (χ1) is 10.7. The molecule has 2 rings (SSSR count). The second kappa shape index (κ2) is 8.24. The van der Waals surface area contributed by atoms with Gasteiger partial charge in [-0.05, 0) is 35.4 Å². The molecule has 0 aliphatic heterocycles. The van der Waals surface area contributed by atoms with Crippen LogP contribution < -0.4 is 15.4 Å². The summed E-state index contributed by atoms with van der Waals surface area (Å²) < 4.78 is 6.06. The van der Waals surface area contributed by atoms with Crippen molar-refractivity contribution in [2.24, 2.45) is 0 Å². The fourth-order valence-electron chi connectivity index (χ4n) is 1.80. The van der Waals surface area contributed by atoms with E-state index in [2.05, 4.69) is 26.6 Å². The minimum Gasteiger partial charge on any atom is -0.497 e. The number of nitrogens with one attached hydrogen (secondary N) is 2. The van der Waals surface area contributed by atoms with E-state index in [1.807, 2.05) is 54.6 Å². The van der Waals surface area contributed by atoms with Gasteiger partial charge in [0, 0.05) is 17.2 Å². The van der Waals surface area contributed by atoms with Crippen molar-refractivity contribution in [1.82, 2.24) is 10.6 Å². The lowest BCUT2D eigenvalue weighted by atomic mass is 10.2. The monoisotopic (exact) mass is 360 g/mol. The van der Waals surface area contributed by atoms with Crippen molar-refractivity contribution in [3.63, 3.8) is 0 Å². The normalized spacial score (nSPS) is 10.5. The van der Waals surface area contributed by atoms with Gasteiger partial charge in [0.15, 0.2) is 0 Å². The minimum absolute atomic E-state index is 0.250. The van der Waals surface area contributed by atoms with E-state index in [9.17, 15) is 4.79 Å². The summed E-state index contributed by atoms with van der Waals surface area (Å²) in [4.78, 5) is 11.7. The van der Waals surface area contributed by atoms with E-state index >= 15 is 0 Å². The Kier molecular flexibility index (Phi) is 6.03. The molecule has 2 N–H and O–H groups in total. The summed E-state index contributed by atoms with van der Waals surface area (Å²) in [7, 11) is 1.63. The molecule has 4 nitrogen and oxygen atoms in total. The predicted molar refractivity (Wildman–Crippen MR) is 91.5 cm³/mol. The zero-order valence-electron chi connectivity index (χ0n) is 12.2. The van der Waals surface area contributed by atoms with Gasteiger partial charge in [-0.3, -0.25) is 0 Å². The molecule has 2 amide bonds. The van der Waals surface area contributed by atoms with E-state index in [1.165, 1.54) is 0 Å². The summed E-state index contributed by atoms with van der Waals surface area (Å²) in [6.07, 6.45) is 3.43. The predicted octanol–water partition coefficient (Wildman–Crippen LogP) is 3.93.